The number of phenolic OH excluding ortho intramolecular Hbond substituents is 2. The molecule has 0 heterocycles. The predicted molar refractivity (Wildman–Crippen MR) is 56.0 cm³/mol. The summed E-state index contributed by atoms with van der Waals surface area (Å²) < 4.78 is 0. The van der Waals surface area contributed by atoms with Crippen molar-refractivity contribution in [2.45, 2.75) is 0 Å². The van der Waals surface area contributed by atoms with Crippen LogP contribution in [-0.4, -0.2) is 36.3 Å². The van der Waals surface area contributed by atoms with E-state index in [1.165, 1.54) is 18.2 Å². The van der Waals surface area contributed by atoms with E-state index in [1.54, 1.807) is 7.05 Å². The Bertz CT molecular complexity index is 353. The Hall–Kier alpha value is -1.75. The second-order valence-corrected chi connectivity index (χ2v) is 3.06. The van der Waals surface area contributed by atoms with E-state index < -0.39 is 5.91 Å². The number of carbonyl (C=O) groups is 1. The van der Waals surface area contributed by atoms with Gasteiger partial charge in [0.05, 0.1) is 5.56 Å². The van der Waals surface area contributed by atoms with Crippen LogP contribution in [0.4, 0.5) is 0 Å². The second kappa shape index (κ2) is 5.21. The van der Waals surface area contributed by atoms with Crippen LogP contribution >= 0.6 is 0 Å². The molecule has 1 amide bonds. The van der Waals surface area contributed by atoms with E-state index in [2.05, 4.69) is 10.6 Å². The first kappa shape index (κ1) is 11.3. The third-order valence-electron chi connectivity index (χ3n) is 1.89. The molecular formula is C10H14N2O3. The molecule has 0 aromatic heterocycles. The minimum absolute atomic E-state index is 0.0495. The first-order valence-corrected chi connectivity index (χ1v) is 4.60. The number of rotatable bonds is 4. The third-order valence-corrected chi connectivity index (χ3v) is 1.89. The maximum absolute atomic E-state index is 11.5. The van der Waals surface area contributed by atoms with Gasteiger partial charge in [-0.15, -0.1) is 0 Å². The summed E-state index contributed by atoms with van der Waals surface area (Å²) in [5.74, 6) is -0.597. The van der Waals surface area contributed by atoms with Crippen LogP contribution in [0.3, 0.4) is 0 Å². The molecule has 0 saturated heterocycles. The lowest BCUT2D eigenvalue weighted by atomic mass is 10.2. The molecule has 5 nitrogen and oxygen atoms in total. The Morgan fingerprint density at radius 2 is 2.07 bits per heavy atom. The Labute approximate surface area is 87.7 Å². The molecule has 82 valence electrons. The van der Waals surface area contributed by atoms with Crippen LogP contribution < -0.4 is 10.6 Å². The minimum atomic E-state index is -0.404. The average molecular weight is 210 g/mol. The fraction of sp³-hybridized carbons (Fsp3) is 0.300. The SMILES string of the molecule is CNCCNC(=O)c1cc(O)ccc1O. The van der Waals surface area contributed by atoms with Gasteiger partial charge in [0.2, 0.25) is 0 Å². The molecule has 0 atom stereocenters. The van der Waals surface area contributed by atoms with Crippen molar-refractivity contribution in [2.75, 3.05) is 20.1 Å². The molecule has 15 heavy (non-hydrogen) atoms. The zero-order valence-electron chi connectivity index (χ0n) is 8.45. The largest absolute Gasteiger partial charge is 0.508 e. The molecule has 5 heteroatoms. The monoisotopic (exact) mass is 210 g/mol. The highest BCUT2D eigenvalue weighted by Gasteiger charge is 2.10. The van der Waals surface area contributed by atoms with E-state index in [1.807, 2.05) is 0 Å². The third kappa shape index (κ3) is 3.14. The second-order valence-electron chi connectivity index (χ2n) is 3.06. The Balaban J connectivity index is 2.68. The summed E-state index contributed by atoms with van der Waals surface area (Å²) in [6, 6.07) is 3.83. The van der Waals surface area contributed by atoms with Crippen molar-refractivity contribution in [3.8, 4) is 11.5 Å². The van der Waals surface area contributed by atoms with Gasteiger partial charge in [0.1, 0.15) is 11.5 Å². The van der Waals surface area contributed by atoms with Crippen molar-refractivity contribution in [2.24, 2.45) is 0 Å². The number of phenols is 2. The summed E-state index contributed by atoms with van der Waals surface area (Å²) >= 11 is 0. The Morgan fingerprint density at radius 3 is 2.73 bits per heavy atom. The zero-order chi connectivity index (χ0) is 11.3. The molecule has 0 saturated carbocycles. The molecule has 0 aliphatic heterocycles. The summed E-state index contributed by atoms with van der Waals surface area (Å²) in [4.78, 5) is 11.5. The number of benzene rings is 1. The number of hydrogen-bond donors (Lipinski definition) is 4. The van der Waals surface area contributed by atoms with Crippen LogP contribution in [0.1, 0.15) is 10.4 Å². The van der Waals surface area contributed by atoms with Crippen molar-refractivity contribution in [3.05, 3.63) is 23.8 Å². The molecule has 1 aromatic carbocycles. The van der Waals surface area contributed by atoms with E-state index >= 15 is 0 Å². The van der Waals surface area contributed by atoms with Gasteiger partial charge in [0.25, 0.3) is 5.91 Å². The number of nitrogens with one attached hydrogen (secondary N) is 2. The van der Waals surface area contributed by atoms with Gasteiger partial charge in [0.15, 0.2) is 0 Å². The van der Waals surface area contributed by atoms with Gasteiger partial charge in [-0.05, 0) is 25.2 Å². The van der Waals surface area contributed by atoms with E-state index in [-0.39, 0.29) is 17.1 Å². The van der Waals surface area contributed by atoms with E-state index in [0.29, 0.717) is 13.1 Å². The Morgan fingerprint density at radius 1 is 1.33 bits per heavy atom. The van der Waals surface area contributed by atoms with Gasteiger partial charge < -0.3 is 20.8 Å². The van der Waals surface area contributed by atoms with E-state index in [4.69, 9.17) is 5.11 Å². The van der Waals surface area contributed by atoms with Crippen molar-refractivity contribution in [3.63, 3.8) is 0 Å². The summed E-state index contributed by atoms with van der Waals surface area (Å²) in [6.07, 6.45) is 0. The fourth-order valence-electron chi connectivity index (χ4n) is 1.10. The molecule has 0 radical (unpaired) electrons. The van der Waals surface area contributed by atoms with Crippen LogP contribution in [0.5, 0.6) is 11.5 Å². The highest BCUT2D eigenvalue weighted by molar-refractivity contribution is 5.97. The van der Waals surface area contributed by atoms with Gasteiger partial charge >= 0.3 is 0 Å². The van der Waals surface area contributed by atoms with Crippen molar-refractivity contribution in [1.29, 1.82) is 0 Å². The van der Waals surface area contributed by atoms with Crippen LogP contribution in [0.2, 0.25) is 0 Å². The molecule has 0 aliphatic rings. The fourth-order valence-corrected chi connectivity index (χ4v) is 1.10. The minimum Gasteiger partial charge on any atom is -0.508 e. The molecule has 4 N–H and O–H groups in total. The topological polar surface area (TPSA) is 81.6 Å². The lowest BCUT2D eigenvalue weighted by molar-refractivity contribution is 0.0951. The maximum atomic E-state index is 11.5. The van der Waals surface area contributed by atoms with Gasteiger partial charge in [-0.2, -0.15) is 0 Å². The molecule has 0 fully saturated rings. The quantitative estimate of drug-likeness (QED) is 0.418. The molecular weight excluding hydrogens is 196 g/mol. The molecule has 0 unspecified atom stereocenters. The first-order valence-electron chi connectivity index (χ1n) is 4.60. The van der Waals surface area contributed by atoms with Crippen LogP contribution in [0.25, 0.3) is 0 Å². The molecule has 0 spiro atoms. The highest BCUT2D eigenvalue weighted by atomic mass is 16.3. The molecule has 0 bridgehead atoms. The predicted octanol–water partition coefficient (Wildman–Crippen LogP) is 0.0470. The molecule has 1 aromatic rings. The number of aromatic hydroxyl groups is 2. The summed E-state index contributed by atoms with van der Waals surface area (Å²) in [6.45, 7) is 1.11. The lowest BCUT2D eigenvalue weighted by Gasteiger charge is -2.06. The highest BCUT2D eigenvalue weighted by Crippen LogP contribution is 2.21. The normalized spacial score (nSPS) is 9.93. The van der Waals surface area contributed by atoms with Gasteiger partial charge in [-0.1, -0.05) is 0 Å². The van der Waals surface area contributed by atoms with Crippen LogP contribution in [-0.2, 0) is 0 Å². The first-order chi connectivity index (χ1) is 7.15. The number of amides is 1. The summed E-state index contributed by atoms with van der Waals surface area (Å²) in [5.41, 5.74) is 0.0751. The number of likely N-dealkylation sites (N-methyl/N-ethyl adjacent to an activating group) is 1. The molecule has 1 rings (SSSR count). The van der Waals surface area contributed by atoms with E-state index in [9.17, 15) is 9.90 Å². The summed E-state index contributed by atoms with van der Waals surface area (Å²) in [7, 11) is 1.78. The maximum Gasteiger partial charge on any atom is 0.255 e. The van der Waals surface area contributed by atoms with Crippen molar-refractivity contribution < 1.29 is 15.0 Å². The smallest absolute Gasteiger partial charge is 0.255 e. The average Bonchev–Trinajstić information content (AvgIpc) is 2.22. The van der Waals surface area contributed by atoms with Crippen molar-refractivity contribution in [1.82, 2.24) is 10.6 Å². The standard InChI is InChI=1S/C10H14N2O3/c1-11-4-5-12-10(15)8-6-7(13)2-3-9(8)14/h2-3,6,11,13-14H,4-5H2,1H3,(H,12,15). The zero-order valence-corrected chi connectivity index (χ0v) is 8.45. The van der Waals surface area contributed by atoms with E-state index in [0.717, 1.165) is 0 Å². The van der Waals surface area contributed by atoms with Gasteiger partial charge in [-0.3, -0.25) is 4.79 Å². The number of hydrogen-bond acceptors (Lipinski definition) is 4. The summed E-state index contributed by atoms with van der Waals surface area (Å²) in [5, 5.41) is 24.0. The molecule has 0 aliphatic carbocycles. The lowest BCUT2D eigenvalue weighted by Crippen LogP contribution is -2.30. The van der Waals surface area contributed by atoms with Crippen molar-refractivity contribution >= 4 is 5.91 Å². The number of carbonyl (C=O) groups excluding carboxylic acids is 1. The Kier molecular flexibility index (Phi) is 3.93. The van der Waals surface area contributed by atoms with Crippen LogP contribution in [0.15, 0.2) is 18.2 Å². The van der Waals surface area contributed by atoms with Gasteiger partial charge in [-0.25, -0.2) is 0 Å². The van der Waals surface area contributed by atoms with Crippen LogP contribution in [0, 0.1) is 0 Å². The van der Waals surface area contributed by atoms with Gasteiger partial charge in [0, 0.05) is 13.1 Å².